The number of ether oxygens (including phenoxy) is 1. The van der Waals surface area contributed by atoms with Gasteiger partial charge < -0.3 is 15.0 Å². The molecule has 1 aliphatic heterocycles. The summed E-state index contributed by atoms with van der Waals surface area (Å²) in [6.07, 6.45) is 1.14. The quantitative estimate of drug-likeness (QED) is 0.913. The van der Waals surface area contributed by atoms with Crippen molar-refractivity contribution in [2.24, 2.45) is 0 Å². The number of aryl methyl sites for hydroxylation is 1. The smallest absolute Gasteiger partial charge is 0.409 e. The van der Waals surface area contributed by atoms with Crippen LogP contribution >= 0.6 is 0 Å². The molecule has 0 radical (unpaired) electrons. The third-order valence-electron chi connectivity index (χ3n) is 4.48. The van der Waals surface area contributed by atoms with Gasteiger partial charge in [-0.2, -0.15) is 5.10 Å². The molecule has 1 N–H and O–H groups in total. The van der Waals surface area contributed by atoms with E-state index < -0.39 is 0 Å². The Morgan fingerprint density at radius 2 is 1.92 bits per heavy atom. The van der Waals surface area contributed by atoms with Crippen molar-refractivity contribution in [1.82, 2.24) is 20.0 Å². The van der Waals surface area contributed by atoms with Crippen molar-refractivity contribution in [3.8, 4) is 5.69 Å². The number of aromatic nitrogens is 2. The van der Waals surface area contributed by atoms with E-state index in [9.17, 15) is 9.59 Å². The topological polar surface area (TPSA) is 76.5 Å². The Balaban J connectivity index is 1.59. The highest BCUT2D eigenvalue weighted by molar-refractivity contribution is 5.92. The summed E-state index contributed by atoms with van der Waals surface area (Å²) in [5.74, 6) is -0.183. The summed E-state index contributed by atoms with van der Waals surface area (Å²) < 4.78 is 6.77. The van der Waals surface area contributed by atoms with Gasteiger partial charge in [-0.25, -0.2) is 9.48 Å². The molecule has 2 aromatic rings. The van der Waals surface area contributed by atoms with Crippen LogP contribution in [0.4, 0.5) is 4.79 Å². The summed E-state index contributed by atoms with van der Waals surface area (Å²) in [4.78, 5) is 25.9. The zero-order chi connectivity index (χ0) is 18.5. The lowest BCUT2D eigenvalue weighted by molar-refractivity contribution is 0.0856. The molecule has 26 heavy (non-hydrogen) atoms. The van der Waals surface area contributed by atoms with Crippen molar-refractivity contribution >= 4 is 12.0 Å². The molecular formula is C19H24N4O3. The molecule has 138 valence electrons. The first-order valence-corrected chi connectivity index (χ1v) is 8.93. The maximum atomic E-state index is 12.5. The van der Waals surface area contributed by atoms with E-state index in [0.717, 1.165) is 11.4 Å². The Morgan fingerprint density at radius 1 is 1.23 bits per heavy atom. The maximum Gasteiger partial charge on any atom is 0.409 e. The summed E-state index contributed by atoms with van der Waals surface area (Å²) >= 11 is 0. The third-order valence-corrected chi connectivity index (χ3v) is 4.48. The molecule has 1 aromatic heterocycles. The van der Waals surface area contributed by atoms with Crippen molar-refractivity contribution in [2.75, 3.05) is 19.7 Å². The van der Waals surface area contributed by atoms with Gasteiger partial charge >= 0.3 is 6.09 Å². The largest absolute Gasteiger partial charge is 0.450 e. The molecule has 2 heterocycles. The molecule has 1 aliphatic rings. The van der Waals surface area contributed by atoms with E-state index >= 15 is 0 Å². The fraction of sp³-hybridized carbons (Fsp3) is 0.421. The van der Waals surface area contributed by atoms with Gasteiger partial charge in [0.05, 0.1) is 12.3 Å². The standard InChI is InChI=1S/C19H24N4O3/c1-3-26-19(25)22-11-9-15(10-12-22)20-18(24)17-13-14(2)23(21-17)16-7-5-4-6-8-16/h4-8,13,15H,3,9-12H2,1-2H3,(H,20,24). The van der Waals surface area contributed by atoms with Crippen molar-refractivity contribution < 1.29 is 14.3 Å². The number of benzene rings is 1. The number of amides is 2. The molecule has 0 spiro atoms. The van der Waals surface area contributed by atoms with Crippen LogP contribution in [-0.2, 0) is 4.74 Å². The summed E-state index contributed by atoms with van der Waals surface area (Å²) in [6.45, 7) is 5.26. The minimum absolute atomic E-state index is 0.0374. The second-order valence-electron chi connectivity index (χ2n) is 6.35. The van der Waals surface area contributed by atoms with Gasteiger partial charge in [-0.1, -0.05) is 18.2 Å². The van der Waals surface area contributed by atoms with Crippen molar-refractivity contribution in [3.05, 3.63) is 47.8 Å². The van der Waals surface area contributed by atoms with Crippen molar-refractivity contribution in [1.29, 1.82) is 0 Å². The predicted molar refractivity (Wildman–Crippen MR) is 97.4 cm³/mol. The molecule has 0 unspecified atom stereocenters. The molecule has 3 rings (SSSR count). The highest BCUT2D eigenvalue weighted by Crippen LogP contribution is 2.14. The molecule has 7 nitrogen and oxygen atoms in total. The summed E-state index contributed by atoms with van der Waals surface area (Å²) in [5.41, 5.74) is 2.23. The monoisotopic (exact) mass is 356 g/mol. The van der Waals surface area contributed by atoms with Crippen molar-refractivity contribution in [3.63, 3.8) is 0 Å². The molecule has 0 aliphatic carbocycles. The Bertz CT molecular complexity index is 764. The van der Waals surface area contributed by atoms with E-state index in [2.05, 4.69) is 10.4 Å². The van der Waals surface area contributed by atoms with Crippen LogP contribution in [0.3, 0.4) is 0 Å². The number of piperidine rings is 1. The van der Waals surface area contributed by atoms with Crippen LogP contribution in [0.2, 0.25) is 0 Å². The van der Waals surface area contributed by atoms with E-state index in [1.165, 1.54) is 0 Å². The summed E-state index contributed by atoms with van der Waals surface area (Å²) in [7, 11) is 0. The lowest BCUT2D eigenvalue weighted by atomic mass is 10.1. The van der Waals surface area contributed by atoms with Crippen LogP contribution in [0.25, 0.3) is 5.69 Å². The van der Waals surface area contributed by atoms with Gasteiger partial charge in [0, 0.05) is 24.8 Å². The number of rotatable bonds is 4. The van der Waals surface area contributed by atoms with Gasteiger partial charge in [0.15, 0.2) is 5.69 Å². The molecule has 7 heteroatoms. The second-order valence-corrected chi connectivity index (χ2v) is 6.35. The number of hydrogen-bond donors (Lipinski definition) is 1. The number of nitrogens with zero attached hydrogens (tertiary/aromatic N) is 3. The van der Waals surface area contributed by atoms with E-state index in [4.69, 9.17) is 4.74 Å². The lowest BCUT2D eigenvalue weighted by Crippen LogP contribution is -2.46. The zero-order valence-electron chi connectivity index (χ0n) is 15.1. The fourth-order valence-electron chi connectivity index (χ4n) is 3.10. The SMILES string of the molecule is CCOC(=O)N1CCC(NC(=O)c2cc(C)n(-c3ccccc3)n2)CC1. The Kier molecular flexibility index (Phi) is 5.55. The molecule has 1 saturated heterocycles. The Hall–Kier alpha value is -2.83. The van der Waals surface area contributed by atoms with E-state index in [0.29, 0.717) is 38.2 Å². The van der Waals surface area contributed by atoms with E-state index in [1.807, 2.05) is 37.3 Å². The van der Waals surface area contributed by atoms with Gasteiger partial charge in [0.1, 0.15) is 0 Å². The van der Waals surface area contributed by atoms with E-state index in [-0.39, 0.29) is 18.0 Å². The summed E-state index contributed by atoms with van der Waals surface area (Å²) in [6, 6.07) is 11.5. The number of carbonyl (C=O) groups excluding carboxylic acids is 2. The Morgan fingerprint density at radius 3 is 2.58 bits per heavy atom. The second kappa shape index (κ2) is 8.03. The normalized spacial score (nSPS) is 14.9. The highest BCUT2D eigenvalue weighted by Gasteiger charge is 2.25. The Labute approximate surface area is 152 Å². The number of para-hydroxylation sites is 1. The van der Waals surface area contributed by atoms with Gasteiger partial charge in [-0.05, 0) is 44.9 Å². The minimum Gasteiger partial charge on any atom is -0.450 e. The molecule has 0 saturated carbocycles. The highest BCUT2D eigenvalue weighted by atomic mass is 16.6. The first-order valence-electron chi connectivity index (χ1n) is 8.93. The minimum atomic E-state index is -0.283. The summed E-state index contributed by atoms with van der Waals surface area (Å²) in [5, 5.41) is 7.46. The van der Waals surface area contributed by atoms with Crippen LogP contribution in [0, 0.1) is 6.92 Å². The molecule has 0 atom stereocenters. The maximum absolute atomic E-state index is 12.5. The first-order chi connectivity index (χ1) is 12.6. The van der Waals surface area contributed by atoms with Crippen LogP contribution in [0.1, 0.15) is 35.9 Å². The first kappa shape index (κ1) is 18.0. The van der Waals surface area contributed by atoms with Gasteiger partial charge in [0.2, 0.25) is 0 Å². The molecule has 1 fully saturated rings. The van der Waals surface area contributed by atoms with Crippen LogP contribution in [-0.4, -0.2) is 52.4 Å². The predicted octanol–water partition coefficient (Wildman–Crippen LogP) is 2.53. The van der Waals surface area contributed by atoms with Gasteiger partial charge in [-0.15, -0.1) is 0 Å². The van der Waals surface area contributed by atoms with Crippen LogP contribution in [0.5, 0.6) is 0 Å². The average Bonchev–Trinajstić information content (AvgIpc) is 3.05. The molecule has 1 aromatic carbocycles. The third kappa shape index (κ3) is 4.04. The van der Waals surface area contributed by atoms with Crippen LogP contribution in [0.15, 0.2) is 36.4 Å². The van der Waals surface area contributed by atoms with Gasteiger partial charge in [-0.3, -0.25) is 4.79 Å². The number of likely N-dealkylation sites (tertiary alicyclic amines) is 1. The van der Waals surface area contributed by atoms with Crippen molar-refractivity contribution in [2.45, 2.75) is 32.7 Å². The fourth-order valence-corrected chi connectivity index (χ4v) is 3.10. The van der Waals surface area contributed by atoms with E-state index in [1.54, 1.807) is 22.6 Å². The van der Waals surface area contributed by atoms with Gasteiger partial charge in [0.25, 0.3) is 5.91 Å². The number of nitrogens with one attached hydrogen (secondary N) is 1. The van der Waals surface area contributed by atoms with Crippen LogP contribution < -0.4 is 5.32 Å². The zero-order valence-corrected chi connectivity index (χ0v) is 15.1. The molecule has 2 amide bonds. The molecule has 0 bridgehead atoms. The molecular weight excluding hydrogens is 332 g/mol. The number of hydrogen-bond acceptors (Lipinski definition) is 4. The average molecular weight is 356 g/mol. The lowest BCUT2D eigenvalue weighted by Gasteiger charge is -2.31. The number of carbonyl (C=O) groups is 2.